The van der Waals surface area contributed by atoms with Crippen LogP contribution < -0.4 is 10.6 Å². The lowest BCUT2D eigenvalue weighted by atomic mass is 10.2. The highest BCUT2D eigenvalue weighted by Crippen LogP contribution is 2.31. The lowest BCUT2D eigenvalue weighted by Gasteiger charge is -2.06. The van der Waals surface area contributed by atoms with Crippen molar-refractivity contribution in [3.8, 4) is 10.6 Å². The zero-order chi connectivity index (χ0) is 19.3. The maximum atomic E-state index is 5.94. The van der Waals surface area contributed by atoms with Crippen LogP contribution in [-0.4, -0.2) is 9.97 Å². The van der Waals surface area contributed by atoms with Crippen molar-refractivity contribution < 1.29 is 0 Å². The molecule has 0 saturated heterocycles. The van der Waals surface area contributed by atoms with Crippen molar-refractivity contribution >= 4 is 39.6 Å². The molecule has 0 atom stereocenters. The number of rotatable bonds is 6. The molecule has 0 amide bonds. The molecular formula is C22H19ClN4S. The van der Waals surface area contributed by atoms with Crippen LogP contribution in [0.3, 0.4) is 0 Å². The van der Waals surface area contributed by atoms with E-state index in [4.69, 9.17) is 11.6 Å². The number of hydrogen-bond acceptors (Lipinski definition) is 5. The molecule has 0 saturated carbocycles. The first kappa shape index (κ1) is 18.5. The number of hydrogen-bond donors (Lipinski definition) is 2. The van der Waals surface area contributed by atoms with Gasteiger partial charge in [-0.1, -0.05) is 35.9 Å². The van der Waals surface area contributed by atoms with E-state index in [-0.39, 0.29) is 0 Å². The standard InChI is InChI=1S/C22H19ClN4S/c1-15-3-2-4-18(13-15)26-22-24-12-11-19(27-22)20-9-10-21(28-20)25-14-16-5-7-17(23)8-6-16/h2-13,25H,14H2,1H3,(H,24,26,27). The fourth-order valence-electron chi connectivity index (χ4n) is 2.77. The summed E-state index contributed by atoms with van der Waals surface area (Å²) in [6.07, 6.45) is 1.78. The molecule has 0 fully saturated rings. The molecule has 0 unspecified atom stereocenters. The number of nitrogens with zero attached hydrogens (tertiary/aromatic N) is 2. The zero-order valence-electron chi connectivity index (χ0n) is 15.3. The number of halogens is 1. The summed E-state index contributed by atoms with van der Waals surface area (Å²) in [5.41, 5.74) is 4.25. The Kier molecular flexibility index (Phi) is 5.55. The smallest absolute Gasteiger partial charge is 0.227 e. The van der Waals surface area contributed by atoms with Crippen molar-refractivity contribution in [1.82, 2.24) is 9.97 Å². The molecule has 28 heavy (non-hydrogen) atoms. The second-order valence-corrected chi connectivity index (χ2v) is 7.92. The molecule has 6 heteroatoms. The van der Waals surface area contributed by atoms with Gasteiger partial charge in [-0.2, -0.15) is 0 Å². The van der Waals surface area contributed by atoms with Gasteiger partial charge in [0, 0.05) is 23.5 Å². The molecule has 0 radical (unpaired) electrons. The fraction of sp³-hybridized carbons (Fsp3) is 0.0909. The van der Waals surface area contributed by atoms with E-state index in [1.54, 1.807) is 17.5 Å². The van der Waals surface area contributed by atoms with Crippen LogP contribution in [0.4, 0.5) is 16.6 Å². The van der Waals surface area contributed by atoms with Gasteiger partial charge in [0.2, 0.25) is 5.95 Å². The molecule has 2 aromatic carbocycles. The van der Waals surface area contributed by atoms with E-state index < -0.39 is 0 Å². The van der Waals surface area contributed by atoms with Gasteiger partial charge in [-0.05, 0) is 60.5 Å². The van der Waals surface area contributed by atoms with Gasteiger partial charge in [-0.25, -0.2) is 9.97 Å². The van der Waals surface area contributed by atoms with Gasteiger partial charge in [0.15, 0.2) is 0 Å². The minimum Gasteiger partial charge on any atom is -0.373 e. The normalized spacial score (nSPS) is 10.6. The Balaban J connectivity index is 1.45. The molecule has 140 valence electrons. The number of nitrogens with one attached hydrogen (secondary N) is 2. The summed E-state index contributed by atoms with van der Waals surface area (Å²) < 4.78 is 0. The van der Waals surface area contributed by atoms with Gasteiger partial charge in [0.05, 0.1) is 15.6 Å². The van der Waals surface area contributed by atoms with Crippen LogP contribution in [0.1, 0.15) is 11.1 Å². The molecule has 2 N–H and O–H groups in total. The molecular weight excluding hydrogens is 388 g/mol. The van der Waals surface area contributed by atoms with Gasteiger partial charge < -0.3 is 10.6 Å². The number of aryl methyl sites for hydroxylation is 1. The van der Waals surface area contributed by atoms with Crippen molar-refractivity contribution in [1.29, 1.82) is 0 Å². The first-order valence-electron chi connectivity index (χ1n) is 8.91. The van der Waals surface area contributed by atoms with Crippen LogP contribution >= 0.6 is 22.9 Å². The highest BCUT2D eigenvalue weighted by atomic mass is 35.5. The largest absolute Gasteiger partial charge is 0.373 e. The maximum absolute atomic E-state index is 5.94. The lowest BCUT2D eigenvalue weighted by molar-refractivity contribution is 1.16. The van der Waals surface area contributed by atoms with Gasteiger partial charge >= 0.3 is 0 Å². The van der Waals surface area contributed by atoms with Crippen LogP contribution in [-0.2, 0) is 6.54 Å². The Bertz CT molecular complexity index is 1080. The molecule has 2 heterocycles. The minimum atomic E-state index is 0.590. The van der Waals surface area contributed by atoms with Crippen LogP contribution in [0.15, 0.2) is 72.9 Å². The molecule has 0 bridgehead atoms. The number of aromatic nitrogens is 2. The Morgan fingerprint density at radius 3 is 2.68 bits per heavy atom. The molecule has 0 spiro atoms. The molecule has 0 aliphatic heterocycles. The molecule has 4 rings (SSSR count). The SMILES string of the molecule is Cc1cccc(Nc2nccc(-c3ccc(NCc4ccc(Cl)cc4)s3)n2)c1. The van der Waals surface area contributed by atoms with Crippen molar-refractivity contribution in [2.24, 2.45) is 0 Å². The van der Waals surface area contributed by atoms with Crippen LogP contribution in [0, 0.1) is 6.92 Å². The van der Waals surface area contributed by atoms with Gasteiger partial charge in [-0.3, -0.25) is 0 Å². The van der Waals surface area contributed by atoms with Crippen LogP contribution in [0.5, 0.6) is 0 Å². The van der Waals surface area contributed by atoms with Crippen molar-refractivity contribution in [3.63, 3.8) is 0 Å². The zero-order valence-corrected chi connectivity index (χ0v) is 16.9. The topological polar surface area (TPSA) is 49.8 Å². The van der Waals surface area contributed by atoms with Gasteiger partial charge in [0.25, 0.3) is 0 Å². The third-order valence-corrected chi connectivity index (χ3v) is 5.49. The number of thiophene rings is 1. The fourth-order valence-corrected chi connectivity index (χ4v) is 3.77. The molecule has 0 aliphatic carbocycles. The van der Waals surface area contributed by atoms with Crippen molar-refractivity contribution in [3.05, 3.63) is 89.1 Å². The average Bonchev–Trinajstić information content (AvgIpc) is 3.17. The predicted octanol–water partition coefficient (Wildman–Crippen LogP) is 6.52. The second-order valence-electron chi connectivity index (χ2n) is 6.40. The van der Waals surface area contributed by atoms with Crippen LogP contribution in [0.2, 0.25) is 5.02 Å². The summed E-state index contributed by atoms with van der Waals surface area (Å²) in [6.45, 7) is 2.81. The van der Waals surface area contributed by atoms with E-state index in [0.29, 0.717) is 5.95 Å². The minimum absolute atomic E-state index is 0.590. The summed E-state index contributed by atoms with van der Waals surface area (Å²) in [6, 6.07) is 22.1. The van der Waals surface area contributed by atoms with E-state index in [1.165, 1.54) is 11.1 Å². The Morgan fingerprint density at radius 1 is 1.00 bits per heavy atom. The van der Waals surface area contributed by atoms with Gasteiger partial charge in [0.1, 0.15) is 0 Å². The summed E-state index contributed by atoms with van der Waals surface area (Å²) in [4.78, 5) is 10.1. The highest BCUT2D eigenvalue weighted by molar-refractivity contribution is 7.19. The summed E-state index contributed by atoms with van der Waals surface area (Å²) in [5.74, 6) is 0.590. The molecule has 4 nitrogen and oxygen atoms in total. The van der Waals surface area contributed by atoms with E-state index >= 15 is 0 Å². The summed E-state index contributed by atoms with van der Waals surface area (Å²) in [7, 11) is 0. The van der Waals surface area contributed by atoms with E-state index in [1.807, 2.05) is 42.5 Å². The van der Waals surface area contributed by atoms with E-state index in [2.05, 4.69) is 51.8 Å². The van der Waals surface area contributed by atoms with E-state index in [9.17, 15) is 0 Å². The molecule has 4 aromatic rings. The quantitative estimate of drug-likeness (QED) is 0.382. The number of anilines is 3. The molecule has 2 aromatic heterocycles. The predicted molar refractivity (Wildman–Crippen MR) is 119 cm³/mol. The highest BCUT2D eigenvalue weighted by Gasteiger charge is 2.07. The Labute approximate surface area is 173 Å². The average molecular weight is 407 g/mol. The maximum Gasteiger partial charge on any atom is 0.227 e. The van der Waals surface area contributed by atoms with E-state index in [0.717, 1.165) is 32.8 Å². The second kappa shape index (κ2) is 8.42. The van der Waals surface area contributed by atoms with Crippen molar-refractivity contribution in [2.75, 3.05) is 10.6 Å². The Hall–Kier alpha value is -2.89. The lowest BCUT2D eigenvalue weighted by Crippen LogP contribution is -1.97. The third kappa shape index (κ3) is 4.68. The van der Waals surface area contributed by atoms with Crippen LogP contribution in [0.25, 0.3) is 10.6 Å². The summed E-state index contributed by atoms with van der Waals surface area (Å²) in [5, 5.41) is 8.56. The third-order valence-electron chi connectivity index (χ3n) is 4.17. The monoisotopic (exact) mass is 406 g/mol. The first-order valence-corrected chi connectivity index (χ1v) is 10.1. The Morgan fingerprint density at radius 2 is 1.86 bits per heavy atom. The summed E-state index contributed by atoms with van der Waals surface area (Å²) >= 11 is 7.61. The first-order chi connectivity index (χ1) is 13.7. The van der Waals surface area contributed by atoms with Gasteiger partial charge in [-0.15, -0.1) is 11.3 Å². The van der Waals surface area contributed by atoms with Crippen molar-refractivity contribution in [2.45, 2.75) is 13.5 Å². The number of benzene rings is 2. The molecule has 0 aliphatic rings.